The van der Waals surface area contributed by atoms with Gasteiger partial charge in [0, 0.05) is 17.2 Å². The number of aromatic nitrogens is 5. The van der Waals surface area contributed by atoms with Crippen molar-refractivity contribution in [3.63, 3.8) is 0 Å². The monoisotopic (exact) mass is 431 g/mol. The Morgan fingerprint density at radius 2 is 2.04 bits per heavy atom. The highest BCUT2D eigenvalue weighted by molar-refractivity contribution is 7.99. The van der Waals surface area contributed by atoms with E-state index in [1.165, 1.54) is 28.6 Å². The van der Waals surface area contributed by atoms with Gasteiger partial charge in [-0.2, -0.15) is 0 Å². The third-order valence-electron chi connectivity index (χ3n) is 4.58. The lowest BCUT2D eigenvalue weighted by molar-refractivity contribution is 0.699. The van der Waals surface area contributed by atoms with E-state index in [0.29, 0.717) is 17.5 Å². The second kappa shape index (κ2) is 8.67. The molecule has 0 saturated heterocycles. The second-order valence-electron chi connectivity index (χ2n) is 6.45. The van der Waals surface area contributed by atoms with Gasteiger partial charge in [-0.1, -0.05) is 35.7 Å². The number of rotatable bonds is 8. The first-order chi connectivity index (χ1) is 13.7. The Hall–Kier alpha value is -1.84. The van der Waals surface area contributed by atoms with Gasteiger partial charge in [0.1, 0.15) is 10.7 Å². The molecule has 0 saturated carbocycles. The third-order valence-corrected chi connectivity index (χ3v) is 7.59. The number of thioether (sulfide) groups is 2. The van der Waals surface area contributed by atoms with Gasteiger partial charge in [-0.25, -0.2) is 4.98 Å². The molecule has 1 aliphatic rings. The molecule has 9 heteroatoms. The molecule has 1 N–H and O–H groups in total. The normalized spacial score (nSPS) is 13.6. The van der Waals surface area contributed by atoms with E-state index in [1.54, 1.807) is 23.1 Å². The number of hydrogen-bond acceptors (Lipinski definition) is 7. The van der Waals surface area contributed by atoms with Gasteiger partial charge in [-0.05, 0) is 31.2 Å². The molecular formula is C19H21N5OS3. The number of nitrogens with zero attached hydrogens (tertiary/aromatic N) is 4. The molecule has 0 aliphatic heterocycles. The maximum atomic E-state index is 12.7. The molecule has 0 atom stereocenters. The van der Waals surface area contributed by atoms with Crippen LogP contribution in [0.4, 0.5) is 0 Å². The zero-order chi connectivity index (χ0) is 19.5. The van der Waals surface area contributed by atoms with Crippen LogP contribution in [-0.2, 0) is 25.1 Å². The summed E-state index contributed by atoms with van der Waals surface area (Å²) >= 11 is 4.74. The van der Waals surface area contributed by atoms with Crippen molar-refractivity contribution in [2.75, 3.05) is 5.75 Å². The topological polar surface area (TPSA) is 76.5 Å². The fourth-order valence-corrected chi connectivity index (χ4v) is 6.15. The van der Waals surface area contributed by atoms with Gasteiger partial charge < -0.3 is 9.55 Å². The summed E-state index contributed by atoms with van der Waals surface area (Å²) in [5, 5.41) is 10.9. The van der Waals surface area contributed by atoms with Crippen LogP contribution in [0, 0.1) is 0 Å². The van der Waals surface area contributed by atoms with Gasteiger partial charge in [0.05, 0.1) is 11.1 Å². The van der Waals surface area contributed by atoms with Crippen molar-refractivity contribution in [1.29, 1.82) is 0 Å². The zero-order valence-electron chi connectivity index (χ0n) is 15.4. The number of fused-ring (bicyclic) bond motifs is 3. The largest absolute Gasteiger partial charge is 0.301 e. The molecule has 6 nitrogen and oxygen atoms in total. The third kappa shape index (κ3) is 3.83. The molecule has 0 radical (unpaired) electrons. The quantitative estimate of drug-likeness (QED) is 0.327. The molecule has 28 heavy (non-hydrogen) atoms. The summed E-state index contributed by atoms with van der Waals surface area (Å²) < 4.78 is 2.04. The first-order valence-corrected chi connectivity index (χ1v) is 11.9. The summed E-state index contributed by atoms with van der Waals surface area (Å²) in [6.07, 6.45) is 8.08. The van der Waals surface area contributed by atoms with Gasteiger partial charge in [-0.15, -0.1) is 34.7 Å². The first-order valence-electron chi connectivity index (χ1n) is 9.15. The average molecular weight is 432 g/mol. The molecule has 0 amide bonds. The molecule has 0 fully saturated rings. The number of allylic oxidation sites excluding steroid dienone is 1. The van der Waals surface area contributed by atoms with Crippen LogP contribution >= 0.6 is 34.9 Å². The zero-order valence-corrected chi connectivity index (χ0v) is 17.9. The minimum absolute atomic E-state index is 0.0262. The molecule has 0 unspecified atom stereocenters. The summed E-state index contributed by atoms with van der Waals surface area (Å²) in [4.78, 5) is 22.5. The summed E-state index contributed by atoms with van der Waals surface area (Å²) in [6, 6.07) is 0. The highest BCUT2D eigenvalue weighted by Crippen LogP contribution is 2.34. The smallest absolute Gasteiger partial charge is 0.260 e. The van der Waals surface area contributed by atoms with E-state index in [0.717, 1.165) is 46.2 Å². The van der Waals surface area contributed by atoms with Gasteiger partial charge >= 0.3 is 0 Å². The van der Waals surface area contributed by atoms with Gasteiger partial charge in [0.25, 0.3) is 5.56 Å². The maximum Gasteiger partial charge on any atom is 0.260 e. The second-order valence-corrected chi connectivity index (χ2v) is 9.48. The van der Waals surface area contributed by atoms with E-state index in [-0.39, 0.29) is 5.56 Å². The van der Waals surface area contributed by atoms with E-state index >= 15 is 0 Å². The minimum atomic E-state index is -0.0262. The number of hydrogen-bond donors (Lipinski definition) is 1. The predicted molar refractivity (Wildman–Crippen MR) is 118 cm³/mol. The van der Waals surface area contributed by atoms with Crippen molar-refractivity contribution >= 4 is 45.1 Å². The van der Waals surface area contributed by atoms with Crippen molar-refractivity contribution in [3.8, 4) is 0 Å². The molecule has 3 aromatic heterocycles. The van der Waals surface area contributed by atoms with Crippen molar-refractivity contribution in [2.45, 2.75) is 48.3 Å². The number of thiophene rings is 1. The van der Waals surface area contributed by atoms with Gasteiger partial charge in [0.15, 0.2) is 10.3 Å². The van der Waals surface area contributed by atoms with Crippen LogP contribution < -0.4 is 5.56 Å². The van der Waals surface area contributed by atoms with Gasteiger partial charge in [-0.3, -0.25) is 4.79 Å². The van der Waals surface area contributed by atoms with Crippen molar-refractivity contribution in [2.24, 2.45) is 0 Å². The molecule has 4 rings (SSSR count). The Balaban J connectivity index is 1.57. The van der Waals surface area contributed by atoms with Crippen LogP contribution in [0.15, 0.2) is 40.4 Å². The fourth-order valence-electron chi connectivity index (χ4n) is 3.32. The highest BCUT2D eigenvalue weighted by Gasteiger charge is 2.20. The highest BCUT2D eigenvalue weighted by atomic mass is 32.2. The standard InChI is InChI=1S/C19H21N5OS3/c1-3-9-24-14(22-23-19(24)26-10-4-2)11-27-18-20-16(25)15-12-7-5-6-8-13(12)28-17(15)21-18/h3-4H,1-2,5-11H2,(H,20,21,25). The molecule has 3 heterocycles. The molecule has 0 aromatic carbocycles. The maximum absolute atomic E-state index is 12.7. The van der Waals surface area contributed by atoms with Crippen LogP contribution in [-0.4, -0.2) is 30.5 Å². The summed E-state index contributed by atoms with van der Waals surface area (Å²) in [6.45, 7) is 8.21. The van der Waals surface area contributed by atoms with E-state index in [4.69, 9.17) is 4.98 Å². The van der Waals surface area contributed by atoms with E-state index < -0.39 is 0 Å². The van der Waals surface area contributed by atoms with Crippen LogP contribution in [0.2, 0.25) is 0 Å². The van der Waals surface area contributed by atoms with Crippen LogP contribution in [0.3, 0.4) is 0 Å². The van der Waals surface area contributed by atoms with E-state index in [2.05, 4.69) is 28.3 Å². The Labute approximate surface area is 175 Å². The van der Waals surface area contributed by atoms with E-state index in [1.807, 2.05) is 16.7 Å². The van der Waals surface area contributed by atoms with Crippen LogP contribution in [0.5, 0.6) is 0 Å². The molecule has 146 valence electrons. The number of nitrogens with one attached hydrogen (secondary N) is 1. The Morgan fingerprint density at radius 3 is 2.86 bits per heavy atom. The Morgan fingerprint density at radius 1 is 1.18 bits per heavy atom. The number of aromatic amines is 1. The molecular weight excluding hydrogens is 410 g/mol. The van der Waals surface area contributed by atoms with Crippen molar-refractivity contribution < 1.29 is 0 Å². The summed E-state index contributed by atoms with van der Waals surface area (Å²) in [5.41, 5.74) is 1.19. The summed E-state index contributed by atoms with van der Waals surface area (Å²) in [5.74, 6) is 2.19. The van der Waals surface area contributed by atoms with Crippen molar-refractivity contribution in [1.82, 2.24) is 24.7 Å². The van der Waals surface area contributed by atoms with E-state index in [9.17, 15) is 4.79 Å². The van der Waals surface area contributed by atoms with Gasteiger partial charge in [0.2, 0.25) is 0 Å². The minimum Gasteiger partial charge on any atom is -0.301 e. The molecule has 0 bridgehead atoms. The first kappa shape index (κ1) is 19.5. The average Bonchev–Trinajstić information content (AvgIpc) is 3.26. The van der Waals surface area contributed by atoms with Crippen LogP contribution in [0.1, 0.15) is 29.1 Å². The fraction of sp³-hybridized carbons (Fsp3) is 0.368. The van der Waals surface area contributed by atoms with Crippen LogP contribution in [0.25, 0.3) is 10.2 Å². The molecule has 3 aromatic rings. The molecule has 1 aliphatic carbocycles. The van der Waals surface area contributed by atoms with Crippen molar-refractivity contribution in [3.05, 3.63) is 51.9 Å². The lowest BCUT2D eigenvalue weighted by atomic mass is 9.97. The Kier molecular flexibility index (Phi) is 6.03. The number of H-pyrrole nitrogens is 1. The lowest BCUT2D eigenvalue weighted by Crippen LogP contribution is -2.11. The predicted octanol–water partition coefficient (Wildman–Crippen LogP) is 4.21. The lowest BCUT2D eigenvalue weighted by Gasteiger charge is -2.09. The number of aryl methyl sites for hydroxylation is 2. The summed E-state index contributed by atoms with van der Waals surface area (Å²) in [7, 11) is 0. The SMILES string of the molecule is C=CCSc1nnc(CSc2nc3sc4c(c3c(=O)[nH]2)CCCC4)n1CC=C. The Bertz CT molecular complexity index is 1080. The molecule has 0 spiro atoms.